The topological polar surface area (TPSA) is 66.4 Å². The largest absolute Gasteiger partial charge is 0.478 e. The first-order valence-corrected chi connectivity index (χ1v) is 6.79. The summed E-state index contributed by atoms with van der Waals surface area (Å²) in [5.41, 5.74) is 0.605. The third kappa shape index (κ3) is 2.21. The summed E-state index contributed by atoms with van der Waals surface area (Å²) in [5.74, 6) is 0.239. The molecule has 0 bridgehead atoms. The van der Waals surface area contributed by atoms with E-state index in [1.54, 1.807) is 6.07 Å². The number of carboxylic acids is 1. The van der Waals surface area contributed by atoms with Crippen LogP contribution in [-0.2, 0) is 4.79 Å². The van der Waals surface area contributed by atoms with E-state index < -0.39 is 5.97 Å². The molecule has 1 aromatic carbocycles. The zero-order valence-corrected chi connectivity index (χ0v) is 11.0. The zero-order chi connectivity index (χ0) is 13.6. The highest BCUT2D eigenvalue weighted by Crippen LogP contribution is 2.57. The fourth-order valence-electron chi connectivity index (χ4n) is 3.20. The number of rotatable bonds is 3. The summed E-state index contributed by atoms with van der Waals surface area (Å²) in [7, 11) is 0. The molecule has 0 radical (unpaired) electrons. The van der Waals surface area contributed by atoms with Crippen molar-refractivity contribution in [2.24, 2.45) is 17.8 Å². The standard InChI is InChI=1S/C14H14ClNO3/c15-11-6-7(4-5-10(11)14(18)19)16-13(17)12-8-2-1-3-9(8)12/h4-6,8-9,12H,1-3H2,(H,16,17)(H,18,19). The van der Waals surface area contributed by atoms with E-state index in [2.05, 4.69) is 5.32 Å². The molecule has 2 aliphatic rings. The molecular weight excluding hydrogens is 266 g/mol. The molecule has 2 N–H and O–H groups in total. The summed E-state index contributed by atoms with van der Waals surface area (Å²) in [6.45, 7) is 0. The maximum absolute atomic E-state index is 12.0. The molecule has 5 heteroatoms. The van der Waals surface area contributed by atoms with Crippen LogP contribution in [0.15, 0.2) is 18.2 Å². The van der Waals surface area contributed by atoms with Crippen LogP contribution in [0.25, 0.3) is 0 Å². The number of benzene rings is 1. The van der Waals surface area contributed by atoms with Crippen molar-refractivity contribution in [1.82, 2.24) is 0 Å². The Morgan fingerprint density at radius 3 is 2.53 bits per heavy atom. The molecule has 4 nitrogen and oxygen atoms in total. The summed E-state index contributed by atoms with van der Waals surface area (Å²) < 4.78 is 0. The van der Waals surface area contributed by atoms with Gasteiger partial charge in [-0.05, 0) is 42.9 Å². The first-order chi connectivity index (χ1) is 9.08. The lowest BCUT2D eigenvalue weighted by Crippen LogP contribution is -2.16. The van der Waals surface area contributed by atoms with Crippen LogP contribution in [0.1, 0.15) is 29.6 Å². The minimum Gasteiger partial charge on any atom is -0.478 e. The molecular formula is C14H14ClNO3. The quantitative estimate of drug-likeness (QED) is 0.894. The van der Waals surface area contributed by atoms with Crippen molar-refractivity contribution in [2.45, 2.75) is 19.3 Å². The van der Waals surface area contributed by atoms with Crippen LogP contribution in [0.2, 0.25) is 5.02 Å². The molecule has 0 spiro atoms. The zero-order valence-electron chi connectivity index (χ0n) is 10.2. The van der Waals surface area contributed by atoms with Crippen molar-refractivity contribution in [3.05, 3.63) is 28.8 Å². The summed E-state index contributed by atoms with van der Waals surface area (Å²) >= 11 is 5.87. The number of amides is 1. The van der Waals surface area contributed by atoms with Crippen LogP contribution in [0.5, 0.6) is 0 Å². The third-order valence-corrected chi connectivity index (χ3v) is 4.49. The fourth-order valence-corrected chi connectivity index (χ4v) is 3.46. The van der Waals surface area contributed by atoms with Crippen LogP contribution in [0, 0.1) is 17.8 Å². The maximum atomic E-state index is 12.0. The monoisotopic (exact) mass is 279 g/mol. The predicted molar refractivity (Wildman–Crippen MR) is 71.4 cm³/mol. The highest BCUT2D eigenvalue weighted by atomic mass is 35.5. The van der Waals surface area contributed by atoms with Crippen molar-refractivity contribution in [3.8, 4) is 0 Å². The number of hydrogen-bond donors (Lipinski definition) is 2. The second kappa shape index (κ2) is 4.53. The van der Waals surface area contributed by atoms with Crippen molar-refractivity contribution in [2.75, 3.05) is 5.32 Å². The molecule has 2 atom stereocenters. The Bertz CT molecular complexity index is 548. The van der Waals surface area contributed by atoms with E-state index in [1.165, 1.54) is 18.6 Å². The average molecular weight is 280 g/mol. The molecule has 100 valence electrons. The van der Waals surface area contributed by atoms with Crippen molar-refractivity contribution in [3.63, 3.8) is 0 Å². The normalized spacial score (nSPS) is 27.7. The second-order valence-electron chi connectivity index (χ2n) is 5.27. The minimum atomic E-state index is -1.07. The van der Waals surface area contributed by atoms with Crippen LogP contribution < -0.4 is 5.32 Å². The second-order valence-corrected chi connectivity index (χ2v) is 5.68. The van der Waals surface area contributed by atoms with Gasteiger partial charge in [0.15, 0.2) is 0 Å². The Kier molecular flexibility index (Phi) is 2.97. The number of nitrogens with one attached hydrogen (secondary N) is 1. The minimum absolute atomic E-state index is 0.0360. The number of anilines is 1. The molecule has 0 aliphatic heterocycles. The van der Waals surface area contributed by atoms with Gasteiger partial charge < -0.3 is 10.4 Å². The summed E-state index contributed by atoms with van der Waals surface area (Å²) in [6.07, 6.45) is 3.54. The molecule has 2 fully saturated rings. The van der Waals surface area contributed by atoms with E-state index in [1.807, 2.05) is 0 Å². The van der Waals surface area contributed by atoms with Gasteiger partial charge in [-0.2, -0.15) is 0 Å². The summed E-state index contributed by atoms with van der Waals surface area (Å²) in [4.78, 5) is 22.9. The lowest BCUT2D eigenvalue weighted by Gasteiger charge is -2.08. The number of carboxylic acid groups (broad SMARTS) is 1. The Balaban J connectivity index is 1.69. The van der Waals surface area contributed by atoms with Gasteiger partial charge >= 0.3 is 5.97 Å². The Labute approximate surface area is 115 Å². The van der Waals surface area contributed by atoms with Gasteiger partial charge in [-0.15, -0.1) is 0 Å². The molecule has 19 heavy (non-hydrogen) atoms. The van der Waals surface area contributed by atoms with E-state index in [0.29, 0.717) is 17.5 Å². The first-order valence-electron chi connectivity index (χ1n) is 6.41. The number of hydrogen-bond acceptors (Lipinski definition) is 2. The molecule has 2 aliphatic carbocycles. The number of carbonyl (C=O) groups excluding carboxylic acids is 1. The van der Waals surface area contributed by atoms with Gasteiger partial charge in [-0.25, -0.2) is 4.79 Å². The Morgan fingerprint density at radius 2 is 1.95 bits per heavy atom. The van der Waals surface area contributed by atoms with Gasteiger partial charge in [-0.1, -0.05) is 18.0 Å². The lowest BCUT2D eigenvalue weighted by molar-refractivity contribution is -0.118. The Morgan fingerprint density at radius 1 is 1.26 bits per heavy atom. The molecule has 0 heterocycles. The van der Waals surface area contributed by atoms with E-state index in [0.717, 1.165) is 12.8 Å². The van der Waals surface area contributed by atoms with Gasteiger partial charge in [0.2, 0.25) is 5.91 Å². The van der Waals surface area contributed by atoms with Gasteiger partial charge in [0.25, 0.3) is 0 Å². The van der Waals surface area contributed by atoms with Crippen LogP contribution >= 0.6 is 11.6 Å². The fraction of sp³-hybridized carbons (Fsp3) is 0.429. The first kappa shape index (κ1) is 12.5. The van der Waals surface area contributed by atoms with E-state index in [9.17, 15) is 9.59 Å². The highest BCUT2D eigenvalue weighted by molar-refractivity contribution is 6.33. The number of aromatic carboxylic acids is 1. The molecule has 2 saturated carbocycles. The predicted octanol–water partition coefficient (Wildman–Crippen LogP) is 3.02. The third-order valence-electron chi connectivity index (χ3n) is 4.18. The molecule has 0 aromatic heterocycles. The molecule has 3 rings (SSSR count). The van der Waals surface area contributed by atoms with Gasteiger partial charge in [0.05, 0.1) is 10.6 Å². The van der Waals surface area contributed by atoms with Crippen molar-refractivity contribution < 1.29 is 14.7 Å². The molecule has 2 unspecified atom stereocenters. The molecule has 1 amide bonds. The molecule has 1 aromatic rings. The molecule has 0 saturated heterocycles. The maximum Gasteiger partial charge on any atom is 0.337 e. The highest BCUT2D eigenvalue weighted by Gasteiger charge is 2.56. The van der Waals surface area contributed by atoms with Crippen LogP contribution in [-0.4, -0.2) is 17.0 Å². The van der Waals surface area contributed by atoms with Crippen molar-refractivity contribution >= 4 is 29.2 Å². The van der Waals surface area contributed by atoms with Gasteiger partial charge in [0.1, 0.15) is 0 Å². The number of carbonyl (C=O) groups is 2. The number of halogens is 1. The van der Waals surface area contributed by atoms with E-state index >= 15 is 0 Å². The van der Waals surface area contributed by atoms with Crippen LogP contribution in [0.3, 0.4) is 0 Å². The van der Waals surface area contributed by atoms with Gasteiger partial charge in [-0.3, -0.25) is 4.79 Å². The average Bonchev–Trinajstić information content (AvgIpc) is 2.83. The van der Waals surface area contributed by atoms with Crippen molar-refractivity contribution in [1.29, 1.82) is 0 Å². The Hall–Kier alpha value is -1.55. The smallest absolute Gasteiger partial charge is 0.337 e. The van der Waals surface area contributed by atoms with Gasteiger partial charge in [0, 0.05) is 11.6 Å². The summed E-state index contributed by atoms with van der Waals surface area (Å²) in [5, 5.41) is 11.8. The number of fused-ring (bicyclic) bond motifs is 1. The van der Waals surface area contributed by atoms with E-state index in [4.69, 9.17) is 16.7 Å². The SMILES string of the molecule is O=C(O)c1ccc(NC(=O)C2C3CCCC32)cc1Cl. The van der Waals surface area contributed by atoms with E-state index in [-0.39, 0.29) is 22.4 Å². The van der Waals surface area contributed by atoms with Crippen LogP contribution in [0.4, 0.5) is 5.69 Å². The lowest BCUT2D eigenvalue weighted by atomic mass is 10.1. The summed E-state index contributed by atoms with van der Waals surface area (Å²) in [6, 6.07) is 4.47.